The van der Waals surface area contributed by atoms with E-state index < -0.39 is 0 Å². The lowest BCUT2D eigenvalue weighted by molar-refractivity contribution is 0.403. The van der Waals surface area contributed by atoms with Crippen LogP contribution in [0.5, 0.6) is 0 Å². The van der Waals surface area contributed by atoms with Gasteiger partial charge in [-0.05, 0) is 42.9 Å². The molecule has 1 aromatic heterocycles. The standard InChI is InChI=1S/C17H28ClN3/c1-4-14-6-5-7-21(12-14)17-16(18)8-15(11-20-17)10-19-9-13(2)3/h8,11,13-14,19H,4-7,9-10,12H2,1-3H3. The molecule has 0 aliphatic carbocycles. The molecule has 1 N–H and O–H groups in total. The summed E-state index contributed by atoms with van der Waals surface area (Å²) in [6.45, 7) is 10.7. The molecule has 118 valence electrons. The van der Waals surface area contributed by atoms with Crippen LogP contribution in [0.3, 0.4) is 0 Å². The molecule has 1 fully saturated rings. The van der Waals surface area contributed by atoms with Crippen LogP contribution in [0, 0.1) is 11.8 Å². The van der Waals surface area contributed by atoms with Gasteiger partial charge in [0.25, 0.3) is 0 Å². The molecule has 2 heterocycles. The van der Waals surface area contributed by atoms with Crippen molar-refractivity contribution in [2.24, 2.45) is 11.8 Å². The molecule has 1 aliphatic rings. The van der Waals surface area contributed by atoms with E-state index >= 15 is 0 Å². The Hall–Kier alpha value is -0.800. The minimum atomic E-state index is 0.659. The lowest BCUT2D eigenvalue weighted by atomic mass is 9.96. The van der Waals surface area contributed by atoms with Gasteiger partial charge in [-0.3, -0.25) is 0 Å². The van der Waals surface area contributed by atoms with E-state index in [1.807, 2.05) is 6.20 Å². The first-order valence-corrected chi connectivity index (χ1v) is 8.58. The second-order valence-corrected chi connectivity index (χ2v) is 6.94. The molecule has 0 bridgehead atoms. The largest absolute Gasteiger partial charge is 0.355 e. The van der Waals surface area contributed by atoms with Crippen LogP contribution in [0.15, 0.2) is 12.3 Å². The van der Waals surface area contributed by atoms with Crippen LogP contribution >= 0.6 is 11.6 Å². The fraction of sp³-hybridized carbons (Fsp3) is 0.706. The van der Waals surface area contributed by atoms with E-state index in [9.17, 15) is 0 Å². The maximum atomic E-state index is 6.46. The van der Waals surface area contributed by atoms with Gasteiger partial charge in [0.05, 0.1) is 5.02 Å². The zero-order valence-electron chi connectivity index (χ0n) is 13.5. The SMILES string of the molecule is CCC1CCCN(c2ncc(CNCC(C)C)cc2Cl)C1. The lowest BCUT2D eigenvalue weighted by Gasteiger charge is -2.33. The summed E-state index contributed by atoms with van der Waals surface area (Å²) >= 11 is 6.46. The Labute approximate surface area is 134 Å². The van der Waals surface area contributed by atoms with Crippen LogP contribution in [-0.2, 0) is 6.54 Å². The van der Waals surface area contributed by atoms with Gasteiger partial charge in [0, 0.05) is 25.8 Å². The van der Waals surface area contributed by atoms with Crippen molar-refractivity contribution < 1.29 is 0 Å². The first kappa shape index (κ1) is 16.6. The molecule has 1 saturated heterocycles. The minimum absolute atomic E-state index is 0.659. The highest BCUT2D eigenvalue weighted by Gasteiger charge is 2.21. The quantitative estimate of drug-likeness (QED) is 0.857. The summed E-state index contributed by atoms with van der Waals surface area (Å²) in [4.78, 5) is 6.97. The van der Waals surface area contributed by atoms with E-state index in [0.717, 1.165) is 48.5 Å². The Morgan fingerprint density at radius 2 is 2.29 bits per heavy atom. The van der Waals surface area contributed by atoms with Crippen molar-refractivity contribution in [2.75, 3.05) is 24.5 Å². The summed E-state index contributed by atoms with van der Waals surface area (Å²) in [5.41, 5.74) is 1.16. The smallest absolute Gasteiger partial charge is 0.147 e. The Morgan fingerprint density at radius 1 is 1.48 bits per heavy atom. The van der Waals surface area contributed by atoms with Crippen LogP contribution in [0.4, 0.5) is 5.82 Å². The molecular weight excluding hydrogens is 282 g/mol. The van der Waals surface area contributed by atoms with Crippen molar-refractivity contribution in [3.63, 3.8) is 0 Å². The molecule has 0 saturated carbocycles. The average Bonchev–Trinajstić information content (AvgIpc) is 2.47. The molecule has 4 heteroatoms. The van der Waals surface area contributed by atoms with Crippen LogP contribution in [0.25, 0.3) is 0 Å². The number of rotatable bonds is 6. The fourth-order valence-corrected chi connectivity index (χ4v) is 3.20. The number of nitrogens with one attached hydrogen (secondary N) is 1. The first-order chi connectivity index (χ1) is 10.1. The van der Waals surface area contributed by atoms with E-state index in [2.05, 4.69) is 42.0 Å². The average molecular weight is 310 g/mol. The summed E-state index contributed by atoms with van der Waals surface area (Å²) in [7, 11) is 0. The van der Waals surface area contributed by atoms with Gasteiger partial charge in [-0.15, -0.1) is 0 Å². The van der Waals surface area contributed by atoms with Crippen molar-refractivity contribution in [1.82, 2.24) is 10.3 Å². The Morgan fingerprint density at radius 3 is 2.95 bits per heavy atom. The summed E-state index contributed by atoms with van der Waals surface area (Å²) in [6.07, 6.45) is 5.78. The second-order valence-electron chi connectivity index (χ2n) is 6.54. The third-order valence-electron chi connectivity index (χ3n) is 4.16. The van der Waals surface area contributed by atoms with E-state index in [1.165, 1.54) is 19.3 Å². The van der Waals surface area contributed by atoms with Gasteiger partial charge in [0.2, 0.25) is 0 Å². The van der Waals surface area contributed by atoms with E-state index in [-0.39, 0.29) is 0 Å². The zero-order valence-corrected chi connectivity index (χ0v) is 14.3. The molecule has 0 aromatic carbocycles. The summed E-state index contributed by atoms with van der Waals surface area (Å²) in [5.74, 6) is 2.40. The van der Waals surface area contributed by atoms with Gasteiger partial charge in [-0.2, -0.15) is 0 Å². The number of hydrogen-bond donors (Lipinski definition) is 1. The summed E-state index contributed by atoms with van der Waals surface area (Å²) in [6, 6.07) is 2.06. The van der Waals surface area contributed by atoms with Crippen LogP contribution < -0.4 is 10.2 Å². The van der Waals surface area contributed by atoms with Gasteiger partial charge in [-0.25, -0.2) is 4.98 Å². The highest BCUT2D eigenvalue weighted by Crippen LogP contribution is 2.29. The number of halogens is 1. The topological polar surface area (TPSA) is 28.2 Å². The normalized spacial score (nSPS) is 19.3. The maximum Gasteiger partial charge on any atom is 0.147 e. The Balaban J connectivity index is 1.98. The molecule has 1 atom stereocenters. The molecule has 0 spiro atoms. The highest BCUT2D eigenvalue weighted by molar-refractivity contribution is 6.33. The van der Waals surface area contributed by atoms with Crippen LogP contribution in [0.1, 0.15) is 45.6 Å². The van der Waals surface area contributed by atoms with Crippen molar-refractivity contribution in [3.05, 3.63) is 22.8 Å². The summed E-state index contributed by atoms with van der Waals surface area (Å²) in [5, 5.41) is 4.22. The molecular formula is C17H28ClN3. The fourth-order valence-electron chi connectivity index (χ4n) is 2.90. The van der Waals surface area contributed by atoms with E-state index in [0.29, 0.717) is 5.92 Å². The molecule has 1 aromatic rings. The molecule has 0 amide bonds. The number of anilines is 1. The maximum absolute atomic E-state index is 6.46. The number of hydrogen-bond acceptors (Lipinski definition) is 3. The Kier molecular flexibility index (Phi) is 6.31. The number of piperidine rings is 1. The van der Waals surface area contributed by atoms with Crippen LogP contribution in [0.2, 0.25) is 5.02 Å². The highest BCUT2D eigenvalue weighted by atomic mass is 35.5. The second kappa shape index (κ2) is 8.00. The van der Waals surface area contributed by atoms with Gasteiger partial charge >= 0.3 is 0 Å². The van der Waals surface area contributed by atoms with Gasteiger partial charge in [0.15, 0.2) is 0 Å². The zero-order chi connectivity index (χ0) is 15.2. The Bertz CT molecular complexity index is 448. The molecule has 1 aliphatic heterocycles. The molecule has 1 unspecified atom stereocenters. The van der Waals surface area contributed by atoms with Crippen molar-refractivity contribution in [3.8, 4) is 0 Å². The summed E-state index contributed by atoms with van der Waals surface area (Å²) < 4.78 is 0. The number of aromatic nitrogens is 1. The third kappa shape index (κ3) is 4.86. The third-order valence-corrected chi connectivity index (χ3v) is 4.43. The predicted molar refractivity (Wildman–Crippen MR) is 91.0 cm³/mol. The van der Waals surface area contributed by atoms with Crippen molar-refractivity contribution in [2.45, 2.75) is 46.6 Å². The van der Waals surface area contributed by atoms with E-state index in [1.54, 1.807) is 0 Å². The monoisotopic (exact) mass is 309 g/mol. The van der Waals surface area contributed by atoms with Gasteiger partial charge in [-0.1, -0.05) is 38.8 Å². The van der Waals surface area contributed by atoms with Crippen molar-refractivity contribution in [1.29, 1.82) is 0 Å². The number of nitrogens with zero attached hydrogens (tertiary/aromatic N) is 2. The van der Waals surface area contributed by atoms with Crippen LogP contribution in [-0.4, -0.2) is 24.6 Å². The first-order valence-electron chi connectivity index (χ1n) is 8.20. The van der Waals surface area contributed by atoms with Gasteiger partial charge in [0.1, 0.15) is 5.82 Å². The van der Waals surface area contributed by atoms with E-state index in [4.69, 9.17) is 11.6 Å². The molecule has 2 rings (SSSR count). The molecule has 3 nitrogen and oxygen atoms in total. The van der Waals surface area contributed by atoms with Crippen molar-refractivity contribution >= 4 is 17.4 Å². The molecule has 0 radical (unpaired) electrons. The minimum Gasteiger partial charge on any atom is -0.355 e. The lowest BCUT2D eigenvalue weighted by Crippen LogP contribution is -2.35. The van der Waals surface area contributed by atoms with Gasteiger partial charge < -0.3 is 10.2 Å². The number of pyridine rings is 1. The predicted octanol–water partition coefficient (Wildman–Crippen LogP) is 4.11. The molecule has 21 heavy (non-hydrogen) atoms.